The Morgan fingerprint density at radius 2 is 2.13 bits per heavy atom. The number of amidine groups is 1. The number of oxazole rings is 1. The van der Waals surface area contributed by atoms with Crippen molar-refractivity contribution in [3.8, 4) is 11.5 Å². The van der Waals surface area contributed by atoms with E-state index in [1.165, 1.54) is 24.5 Å². The molecule has 3 aromatic rings. The Hall–Kier alpha value is -3.56. The lowest BCUT2D eigenvalue weighted by Gasteiger charge is -2.05. The molecule has 0 aromatic carbocycles. The highest BCUT2D eigenvalue weighted by Crippen LogP contribution is 2.23. The van der Waals surface area contributed by atoms with Crippen LogP contribution in [0.3, 0.4) is 0 Å². The Morgan fingerprint density at radius 3 is 2.87 bits per heavy atom. The second-order valence-corrected chi connectivity index (χ2v) is 4.30. The molecule has 9 nitrogen and oxygen atoms in total. The highest BCUT2D eigenvalue weighted by molar-refractivity contribution is 6.00. The number of nitrogens with zero attached hydrogens (tertiary/aromatic N) is 5. The van der Waals surface area contributed by atoms with Crippen LogP contribution < -0.4 is 11.1 Å². The quantitative estimate of drug-likeness (QED) is 0.285. The van der Waals surface area contributed by atoms with E-state index < -0.39 is 5.82 Å². The van der Waals surface area contributed by atoms with Crippen LogP contribution in [0.2, 0.25) is 0 Å². The van der Waals surface area contributed by atoms with E-state index in [0.717, 1.165) is 6.20 Å². The standard InChI is InChI=1S/C13H10FN7O2/c14-7-1-2-8(16-5-7)10-6-17-13(23-10)19-9-3-4-18-20-11(9)12(15)21-22/h1-6,22H,(H2,15,21)(H,17,18,19). The fourth-order valence-electron chi connectivity index (χ4n) is 1.76. The number of aromatic nitrogens is 4. The third-order valence-electron chi connectivity index (χ3n) is 2.80. The van der Waals surface area contributed by atoms with Crippen LogP contribution in [0.4, 0.5) is 16.1 Å². The number of halogens is 1. The van der Waals surface area contributed by atoms with Crippen LogP contribution in [0.1, 0.15) is 5.69 Å². The van der Waals surface area contributed by atoms with Gasteiger partial charge in [0.2, 0.25) is 0 Å². The molecule has 0 saturated heterocycles. The molecule has 23 heavy (non-hydrogen) atoms. The van der Waals surface area contributed by atoms with E-state index in [4.69, 9.17) is 15.4 Å². The number of hydrogen-bond donors (Lipinski definition) is 3. The largest absolute Gasteiger partial charge is 0.422 e. The van der Waals surface area contributed by atoms with Gasteiger partial charge in [0.05, 0.1) is 24.3 Å². The summed E-state index contributed by atoms with van der Waals surface area (Å²) in [5, 5.41) is 21.9. The van der Waals surface area contributed by atoms with Crippen molar-refractivity contribution in [2.75, 3.05) is 5.32 Å². The lowest BCUT2D eigenvalue weighted by atomic mass is 10.3. The number of rotatable bonds is 4. The van der Waals surface area contributed by atoms with Gasteiger partial charge in [0.15, 0.2) is 17.3 Å². The Bertz CT molecular complexity index is 848. The third-order valence-corrected chi connectivity index (χ3v) is 2.80. The van der Waals surface area contributed by atoms with Gasteiger partial charge in [-0.15, -0.1) is 5.10 Å². The summed E-state index contributed by atoms with van der Waals surface area (Å²) in [5.74, 6) is -0.315. The van der Waals surface area contributed by atoms with E-state index in [9.17, 15) is 4.39 Å². The van der Waals surface area contributed by atoms with Crippen molar-refractivity contribution in [3.63, 3.8) is 0 Å². The van der Waals surface area contributed by atoms with E-state index in [1.54, 1.807) is 6.07 Å². The van der Waals surface area contributed by atoms with E-state index in [2.05, 4.69) is 30.6 Å². The Labute approximate surface area is 128 Å². The first-order valence-corrected chi connectivity index (χ1v) is 6.31. The summed E-state index contributed by atoms with van der Waals surface area (Å²) in [6.45, 7) is 0. The molecule has 0 unspecified atom stereocenters. The summed E-state index contributed by atoms with van der Waals surface area (Å²) in [6.07, 6.45) is 3.93. The Kier molecular flexibility index (Phi) is 3.78. The number of pyridine rings is 1. The Morgan fingerprint density at radius 1 is 1.26 bits per heavy atom. The van der Waals surface area contributed by atoms with Crippen molar-refractivity contribution in [1.82, 2.24) is 20.2 Å². The normalized spacial score (nSPS) is 11.4. The number of oxime groups is 1. The summed E-state index contributed by atoms with van der Waals surface area (Å²) in [4.78, 5) is 7.93. The zero-order valence-corrected chi connectivity index (χ0v) is 11.5. The highest BCUT2D eigenvalue weighted by atomic mass is 19.1. The molecular formula is C13H10FN7O2. The molecule has 0 bridgehead atoms. The zero-order valence-electron chi connectivity index (χ0n) is 11.5. The third kappa shape index (κ3) is 3.05. The van der Waals surface area contributed by atoms with Gasteiger partial charge in [-0.1, -0.05) is 5.16 Å². The van der Waals surface area contributed by atoms with Crippen molar-refractivity contribution in [2.24, 2.45) is 10.9 Å². The molecular weight excluding hydrogens is 305 g/mol. The van der Waals surface area contributed by atoms with Crippen LogP contribution in [-0.4, -0.2) is 31.2 Å². The minimum absolute atomic E-state index is 0.131. The summed E-state index contributed by atoms with van der Waals surface area (Å²) in [6, 6.07) is 4.42. The zero-order chi connectivity index (χ0) is 16.2. The SMILES string of the molecule is NC(=NO)c1nnccc1Nc1ncc(-c2ccc(F)cn2)o1. The number of hydrogen-bond acceptors (Lipinski definition) is 8. The lowest BCUT2D eigenvalue weighted by molar-refractivity contribution is 0.318. The average molecular weight is 315 g/mol. The van der Waals surface area contributed by atoms with Gasteiger partial charge in [0, 0.05) is 0 Å². The minimum Gasteiger partial charge on any atom is -0.422 e. The number of nitrogens with one attached hydrogen (secondary N) is 1. The van der Waals surface area contributed by atoms with Crippen LogP contribution in [-0.2, 0) is 0 Å². The number of nitrogens with two attached hydrogens (primary N) is 1. The van der Waals surface area contributed by atoms with Crippen molar-refractivity contribution in [2.45, 2.75) is 0 Å². The van der Waals surface area contributed by atoms with Crippen LogP contribution in [0.15, 0.2) is 46.4 Å². The average Bonchev–Trinajstić information content (AvgIpc) is 3.04. The predicted octanol–water partition coefficient (Wildman–Crippen LogP) is 1.50. The molecule has 116 valence electrons. The maximum absolute atomic E-state index is 12.9. The van der Waals surface area contributed by atoms with Gasteiger partial charge in [-0.3, -0.25) is 0 Å². The molecule has 4 N–H and O–H groups in total. The van der Waals surface area contributed by atoms with Crippen molar-refractivity contribution in [3.05, 3.63) is 48.3 Å². The molecule has 0 spiro atoms. The first-order chi connectivity index (χ1) is 11.2. The highest BCUT2D eigenvalue weighted by Gasteiger charge is 2.13. The molecule has 0 amide bonds. The fraction of sp³-hybridized carbons (Fsp3) is 0. The van der Waals surface area contributed by atoms with E-state index >= 15 is 0 Å². The second kappa shape index (κ2) is 6.05. The molecule has 0 radical (unpaired) electrons. The van der Waals surface area contributed by atoms with Crippen LogP contribution >= 0.6 is 0 Å². The molecule has 0 aliphatic heterocycles. The molecule has 10 heteroatoms. The number of anilines is 2. The van der Waals surface area contributed by atoms with Crippen molar-refractivity contribution >= 4 is 17.5 Å². The molecule has 0 saturated carbocycles. The first-order valence-electron chi connectivity index (χ1n) is 6.31. The second-order valence-electron chi connectivity index (χ2n) is 4.30. The van der Waals surface area contributed by atoms with Crippen molar-refractivity contribution < 1.29 is 14.0 Å². The maximum atomic E-state index is 12.9. The molecule has 0 fully saturated rings. The smallest absolute Gasteiger partial charge is 0.299 e. The predicted molar refractivity (Wildman–Crippen MR) is 77.5 cm³/mol. The van der Waals surface area contributed by atoms with Crippen LogP contribution in [0.5, 0.6) is 0 Å². The maximum Gasteiger partial charge on any atom is 0.299 e. The molecule has 0 aliphatic carbocycles. The summed E-state index contributed by atoms with van der Waals surface area (Å²) >= 11 is 0. The van der Waals surface area contributed by atoms with E-state index in [0.29, 0.717) is 17.1 Å². The van der Waals surface area contributed by atoms with Gasteiger partial charge in [0.1, 0.15) is 11.5 Å². The minimum atomic E-state index is -0.446. The molecule has 0 aliphatic rings. The first kappa shape index (κ1) is 14.4. The van der Waals surface area contributed by atoms with Gasteiger partial charge in [0.25, 0.3) is 6.01 Å². The van der Waals surface area contributed by atoms with Gasteiger partial charge in [-0.25, -0.2) is 14.4 Å². The molecule has 0 atom stereocenters. The van der Waals surface area contributed by atoms with Gasteiger partial charge in [-0.05, 0) is 18.2 Å². The van der Waals surface area contributed by atoms with Crippen molar-refractivity contribution in [1.29, 1.82) is 0 Å². The van der Waals surface area contributed by atoms with Crippen LogP contribution in [0, 0.1) is 5.82 Å². The monoisotopic (exact) mass is 315 g/mol. The Balaban J connectivity index is 1.87. The molecule has 3 rings (SSSR count). The molecule has 3 heterocycles. The topological polar surface area (TPSA) is 135 Å². The van der Waals surface area contributed by atoms with E-state index in [1.807, 2.05) is 0 Å². The fourth-order valence-corrected chi connectivity index (χ4v) is 1.76. The van der Waals surface area contributed by atoms with Crippen LogP contribution in [0.25, 0.3) is 11.5 Å². The summed E-state index contributed by atoms with van der Waals surface area (Å²) < 4.78 is 18.4. The lowest BCUT2D eigenvalue weighted by Crippen LogP contribution is -2.17. The summed E-state index contributed by atoms with van der Waals surface area (Å²) in [5.41, 5.74) is 6.47. The van der Waals surface area contributed by atoms with Gasteiger partial charge < -0.3 is 20.7 Å². The molecule has 3 aromatic heterocycles. The van der Waals surface area contributed by atoms with Gasteiger partial charge >= 0.3 is 0 Å². The van der Waals surface area contributed by atoms with E-state index in [-0.39, 0.29) is 17.5 Å². The van der Waals surface area contributed by atoms with Gasteiger partial charge in [-0.2, -0.15) is 5.10 Å². The summed E-state index contributed by atoms with van der Waals surface area (Å²) in [7, 11) is 0.